The third kappa shape index (κ3) is 3.50. The summed E-state index contributed by atoms with van der Waals surface area (Å²) in [6.45, 7) is 0.361. The molecule has 2 aromatic carbocycles. The summed E-state index contributed by atoms with van der Waals surface area (Å²) in [7, 11) is 0. The lowest BCUT2D eigenvalue weighted by Crippen LogP contribution is -2.22. The fourth-order valence-electron chi connectivity index (χ4n) is 2.27. The maximum Gasteiger partial charge on any atom is 0.316 e. The van der Waals surface area contributed by atoms with Crippen LogP contribution in [0.4, 0.5) is 10.5 Å². The van der Waals surface area contributed by atoms with Crippen LogP contribution in [0.25, 0.3) is 10.1 Å². The molecular weight excluding hydrogens is 346 g/mol. The molecule has 122 valence electrons. The van der Waals surface area contributed by atoms with Gasteiger partial charge in [0.15, 0.2) is 0 Å². The van der Waals surface area contributed by atoms with Crippen molar-refractivity contribution in [3.63, 3.8) is 0 Å². The number of carbonyl (C=O) groups excluding carboxylic acids is 2. The summed E-state index contributed by atoms with van der Waals surface area (Å²) in [4.78, 5) is 23.6. The van der Waals surface area contributed by atoms with Crippen molar-refractivity contribution in [3.8, 4) is 0 Å². The lowest BCUT2D eigenvalue weighted by atomic mass is 10.2. The van der Waals surface area contributed by atoms with Gasteiger partial charge in [-0.25, -0.2) is 4.79 Å². The number of nitrogens with one attached hydrogen (secondary N) is 2. The Morgan fingerprint density at radius 3 is 2.46 bits per heavy atom. The second-order valence-electron chi connectivity index (χ2n) is 5.11. The van der Waals surface area contributed by atoms with Crippen LogP contribution in [0.15, 0.2) is 48.5 Å². The van der Waals surface area contributed by atoms with Gasteiger partial charge in [-0.2, -0.15) is 0 Å². The minimum Gasteiger partial charge on any atom is -0.351 e. The number of carbonyl (C=O) groups is 2. The van der Waals surface area contributed by atoms with E-state index in [9.17, 15) is 9.59 Å². The summed E-state index contributed by atoms with van der Waals surface area (Å²) < 4.78 is 0.981. The van der Waals surface area contributed by atoms with Crippen LogP contribution in [0, 0.1) is 0 Å². The van der Waals surface area contributed by atoms with Crippen LogP contribution in [-0.2, 0) is 6.54 Å². The van der Waals surface area contributed by atoms with E-state index in [4.69, 9.17) is 17.3 Å². The number of thiophene rings is 1. The van der Waals surface area contributed by atoms with Crippen molar-refractivity contribution in [2.75, 3.05) is 5.32 Å². The average molecular weight is 360 g/mol. The van der Waals surface area contributed by atoms with Gasteiger partial charge in [-0.05, 0) is 23.8 Å². The SMILES string of the molecule is NC(=O)Nc1ccc(CNC(=O)c2sc3ccccc3c2Cl)cc1. The summed E-state index contributed by atoms with van der Waals surface area (Å²) in [5, 5.41) is 6.70. The summed E-state index contributed by atoms with van der Waals surface area (Å²) >= 11 is 7.67. The second kappa shape index (κ2) is 6.90. The molecule has 0 spiro atoms. The first-order valence-corrected chi connectivity index (χ1v) is 8.34. The number of nitrogens with two attached hydrogens (primary N) is 1. The second-order valence-corrected chi connectivity index (χ2v) is 6.54. The fourth-order valence-corrected chi connectivity index (χ4v) is 3.70. The third-order valence-corrected chi connectivity index (χ3v) is 5.09. The molecule has 4 N–H and O–H groups in total. The van der Waals surface area contributed by atoms with E-state index >= 15 is 0 Å². The van der Waals surface area contributed by atoms with Crippen LogP contribution in [0.1, 0.15) is 15.2 Å². The molecule has 0 aliphatic heterocycles. The number of hydrogen-bond donors (Lipinski definition) is 3. The standard InChI is InChI=1S/C17H14ClN3O2S/c18-14-12-3-1-2-4-13(12)24-15(14)16(22)20-9-10-5-7-11(8-6-10)21-17(19)23/h1-8H,9H2,(H,20,22)(H3,19,21,23). The smallest absolute Gasteiger partial charge is 0.316 e. The number of anilines is 1. The molecule has 0 aliphatic rings. The Labute approximate surface area is 147 Å². The number of hydrogen-bond acceptors (Lipinski definition) is 3. The van der Waals surface area contributed by atoms with E-state index in [1.165, 1.54) is 11.3 Å². The zero-order valence-corrected chi connectivity index (χ0v) is 14.1. The first-order valence-electron chi connectivity index (χ1n) is 7.15. The highest BCUT2D eigenvalue weighted by Gasteiger charge is 2.16. The van der Waals surface area contributed by atoms with E-state index < -0.39 is 6.03 Å². The van der Waals surface area contributed by atoms with Crippen molar-refractivity contribution in [2.24, 2.45) is 5.73 Å². The molecule has 5 nitrogen and oxygen atoms in total. The highest BCUT2D eigenvalue weighted by molar-refractivity contribution is 7.21. The third-order valence-electron chi connectivity index (χ3n) is 3.42. The molecule has 0 saturated heterocycles. The summed E-state index contributed by atoms with van der Waals surface area (Å²) in [6.07, 6.45) is 0. The average Bonchev–Trinajstić information content (AvgIpc) is 2.91. The first kappa shape index (κ1) is 16.3. The molecule has 0 saturated carbocycles. The van der Waals surface area contributed by atoms with Crippen LogP contribution in [0.2, 0.25) is 5.02 Å². The Morgan fingerprint density at radius 1 is 1.08 bits per heavy atom. The first-order chi connectivity index (χ1) is 11.5. The number of primary amides is 1. The van der Waals surface area contributed by atoms with Crippen molar-refractivity contribution < 1.29 is 9.59 Å². The van der Waals surface area contributed by atoms with Gasteiger partial charge < -0.3 is 16.4 Å². The minimum absolute atomic E-state index is 0.208. The predicted molar refractivity (Wildman–Crippen MR) is 97.7 cm³/mol. The van der Waals surface area contributed by atoms with Gasteiger partial charge in [0.25, 0.3) is 5.91 Å². The number of urea groups is 1. The molecule has 0 fully saturated rings. The Hall–Kier alpha value is -2.57. The largest absolute Gasteiger partial charge is 0.351 e. The summed E-state index contributed by atoms with van der Waals surface area (Å²) in [5.41, 5.74) is 6.55. The maximum atomic E-state index is 12.4. The Bertz CT molecular complexity index is 906. The zero-order valence-electron chi connectivity index (χ0n) is 12.5. The molecule has 0 radical (unpaired) electrons. The van der Waals surface area contributed by atoms with E-state index in [1.54, 1.807) is 24.3 Å². The van der Waals surface area contributed by atoms with Crippen molar-refractivity contribution in [1.82, 2.24) is 5.32 Å². The van der Waals surface area contributed by atoms with Gasteiger partial charge in [-0.15, -0.1) is 11.3 Å². The highest BCUT2D eigenvalue weighted by Crippen LogP contribution is 2.34. The van der Waals surface area contributed by atoms with Gasteiger partial charge in [0.2, 0.25) is 0 Å². The summed E-state index contributed by atoms with van der Waals surface area (Å²) in [5.74, 6) is -0.208. The Balaban J connectivity index is 1.68. The fraction of sp³-hybridized carbons (Fsp3) is 0.0588. The van der Waals surface area contributed by atoms with Crippen molar-refractivity contribution in [3.05, 3.63) is 64.0 Å². The van der Waals surface area contributed by atoms with E-state index in [0.717, 1.165) is 15.6 Å². The Kier molecular flexibility index (Phi) is 4.69. The molecule has 3 aromatic rings. The molecular formula is C17H14ClN3O2S. The number of benzene rings is 2. The molecule has 0 bridgehead atoms. The van der Waals surface area contributed by atoms with Crippen molar-refractivity contribution in [1.29, 1.82) is 0 Å². The van der Waals surface area contributed by atoms with Gasteiger partial charge in [-0.3, -0.25) is 4.79 Å². The molecule has 0 atom stereocenters. The van der Waals surface area contributed by atoms with Crippen LogP contribution in [0.5, 0.6) is 0 Å². The minimum atomic E-state index is -0.615. The summed E-state index contributed by atoms with van der Waals surface area (Å²) in [6, 6.07) is 14.1. The van der Waals surface area contributed by atoms with E-state index in [2.05, 4.69) is 10.6 Å². The number of fused-ring (bicyclic) bond motifs is 1. The van der Waals surface area contributed by atoms with Gasteiger partial charge in [-0.1, -0.05) is 41.9 Å². The monoisotopic (exact) mass is 359 g/mol. The topological polar surface area (TPSA) is 84.2 Å². The van der Waals surface area contributed by atoms with Crippen molar-refractivity contribution in [2.45, 2.75) is 6.54 Å². The van der Waals surface area contributed by atoms with Crippen molar-refractivity contribution >= 4 is 50.6 Å². The van der Waals surface area contributed by atoms with Crippen LogP contribution >= 0.6 is 22.9 Å². The molecule has 0 aliphatic carbocycles. The van der Waals surface area contributed by atoms with Gasteiger partial charge in [0.05, 0.1) is 5.02 Å². The maximum absolute atomic E-state index is 12.4. The van der Waals surface area contributed by atoms with Crippen LogP contribution in [-0.4, -0.2) is 11.9 Å². The van der Waals surface area contributed by atoms with E-state index in [-0.39, 0.29) is 5.91 Å². The van der Waals surface area contributed by atoms with Gasteiger partial charge >= 0.3 is 6.03 Å². The lowest BCUT2D eigenvalue weighted by Gasteiger charge is -2.06. The molecule has 1 heterocycles. The van der Waals surface area contributed by atoms with E-state index in [1.807, 2.05) is 24.3 Å². The van der Waals surface area contributed by atoms with Crippen LogP contribution in [0.3, 0.4) is 0 Å². The van der Waals surface area contributed by atoms with Crippen LogP contribution < -0.4 is 16.4 Å². The quantitative estimate of drug-likeness (QED) is 0.658. The molecule has 1 aromatic heterocycles. The van der Waals surface area contributed by atoms with Gasteiger partial charge in [0, 0.05) is 22.3 Å². The van der Waals surface area contributed by atoms with Gasteiger partial charge in [0.1, 0.15) is 4.88 Å². The van der Waals surface area contributed by atoms with E-state index in [0.29, 0.717) is 22.1 Å². The Morgan fingerprint density at radius 2 is 1.79 bits per heavy atom. The zero-order chi connectivity index (χ0) is 17.1. The molecule has 3 amide bonds. The number of halogens is 1. The number of amides is 3. The predicted octanol–water partition coefficient (Wildman–Crippen LogP) is 3.98. The highest BCUT2D eigenvalue weighted by atomic mass is 35.5. The lowest BCUT2D eigenvalue weighted by molar-refractivity contribution is 0.0955. The number of rotatable bonds is 4. The molecule has 24 heavy (non-hydrogen) atoms. The normalized spacial score (nSPS) is 10.5. The molecule has 7 heteroatoms. The molecule has 3 rings (SSSR count). The molecule has 0 unspecified atom stereocenters.